The number of nitrogens with one attached hydrogen (secondary N) is 1. The summed E-state index contributed by atoms with van der Waals surface area (Å²) in [5.41, 5.74) is 3.59. The van der Waals surface area contributed by atoms with Gasteiger partial charge in [0.05, 0.1) is 5.69 Å². The van der Waals surface area contributed by atoms with Crippen molar-refractivity contribution in [2.24, 2.45) is 12.0 Å². The van der Waals surface area contributed by atoms with E-state index in [0.29, 0.717) is 5.92 Å². The van der Waals surface area contributed by atoms with Gasteiger partial charge in [-0.3, -0.25) is 9.67 Å². The average molecular weight is 362 g/mol. The maximum atomic E-state index is 6.04. The van der Waals surface area contributed by atoms with Gasteiger partial charge in [0.15, 0.2) is 5.96 Å². The molecule has 1 heterocycles. The van der Waals surface area contributed by atoms with Crippen LogP contribution in [0.2, 0.25) is 5.02 Å². The predicted molar refractivity (Wildman–Crippen MR) is 105 cm³/mol. The molecule has 1 N–H and O–H groups in total. The molecule has 0 saturated heterocycles. The van der Waals surface area contributed by atoms with Crippen LogP contribution in [0.25, 0.3) is 0 Å². The van der Waals surface area contributed by atoms with Crippen molar-refractivity contribution in [2.45, 2.75) is 32.7 Å². The van der Waals surface area contributed by atoms with Gasteiger partial charge in [-0.1, -0.05) is 37.6 Å². The van der Waals surface area contributed by atoms with E-state index in [0.717, 1.165) is 36.2 Å². The van der Waals surface area contributed by atoms with Gasteiger partial charge in [0, 0.05) is 51.0 Å². The topological polar surface area (TPSA) is 45.5 Å². The first-order chi connectivity index (χ1) is 11.9. The van der Waals surface area contributed by atoms with E-state index in [4.69, 9.17) is 11.6 Å². The molecule has 0 aliphatic rings. The number of nitrogens with zero attached hydrogens (tertiary/aromatic N) is 4. The Morgan fingerprint density at radius 3 is 2.80 bits per heavy atom. The molecule has 25 heavy (non-hydrogen) atoms. The summed E-state index contributed by atoms with van der Waals surface area (Å²) >= 11 is 6.04. The lowest BCUT2D eigenvalue weighted by molar-refractivity contribution is 0.474. The smallest absolute Gasteiger partial charge is 0.193 e. The normalized spacial score (nSPS) is 11.9. The van der Waals surface area contributed by atoms with E-state index >= 15 is 0 Å². The number of halogens is 1. The monoisotopic (exact) mass is 361 g/mol. The van der Waals surface area contributed by atoms with Crippen molar-refractivity contribution < 1.29 is 0 Å². The fourth-order valence-corrected chi connectivity index (χ4v) is 3.10. The number of benzene rings is 1. The molecule has 0 aliphatic heterocycles. The third kappa shape index (κ3) is 5.49. The lowest BCUT2D eigenvalue weighted by atomic mass is 10.1. The quantitative estimate of drug-likeness (QED) is 0.633. The summed E-state index contributed by atoms with van der Waals surface area (Å²) in [7, 11) is 5.82. The van der Waals surface area contributed by atoms with Crippen LogP contribution >= 0.6 is 11.6 Å². The van der Waals surface area contributed by atoms with Gasteiger partial charge in [0.25, 0.3) is 0 Å². The van der Waals surface area contributed by atoms with E-state index < -0.39 is 0 Å². The summed E-state index contributed by atoms with van der Waals surface area (Å²) in [4.78, 5) is 6.52. The minimum absolute atomic E-state index is 0.405. The number of rotatable bonds is 6. The second-order valence-corrected chi connectivity index (χ2v) is 7.01. The summed E-state index contributed by atoms with van der Waals surface area (Å²) in [6.45, 7) is 5.92. The molecule has 2 aromatic rings. The summed E-state index contributed by atoms with van der Waals surface area (Å²) in [6, 6.07) is 7.96. The van der Waals surface area contributed by atoms with Crippen LogP contribution in [0.4, 0.5) is 0 Å². The number of aromatic nitrogens is 2. The largest absolute Gasteiger partial charge is 0.356 e. The molecule has 1 aromatic heterocycles. The molecule has 2 rings (SSSR count). The summed E-state index contributed by atoms with van der Waals surface area (Å²) < 4.78 is 1.88. The first-order valence-corrected chi connectivity index (χ1v) is 8.97. The van der Waals surface area contributed by atoms with Crippen LogP contribution in [0.15, 0.2) is 35.5 Å². The molecule has 0 aliphatic carbocycles. The van der Waals surface area contributed by atoms with Crippen LogP contribution in [0.5, 0.6) is 0 Å². The Kier molecular flexibility index (Phi) is 6.88. The molecule has 0 amide bonds. The van der Waals surface area contributed by atoms with E-state index in [1.807, 2.05) is 44.0 Å². The van der Waals surface area contributed by atoms with E-state index in [1.165, 1.54) is 11.1 Å². The van der Waals surface area contributed by atoms with Crippen LogP contribution < -0.4 is 5.32 Å². The molecule has 136 valence electrons. The number of guanidine groups is 1. The highest BCUT2D eigenvalue weighted by Crippen LogP contribution is 2.18. The van der Waals surface area contributed by atoms with Crippen LogP contribution in [0.3, 0.4) is 0 Å². The molecule has 5 nitrogen and oxygen atoms in total. The Bertz CT molecular complexity index is 720. The second kappa shape index (κ2) is 8.90. The molecule has 6 heteroatoms. The zero-order chi connectivity index (χ0) is 18.4. The van der Waals surface area contributed by atoms with Gasteiger partial charge in [0.1, 0.15) is 0 Å². The fourth-order valence-electron chi connectivity index (χ4n) is 2.89. The second-order valence-electron chi connectivity index (χ2n) is 6.58. The number of aliphatic imine (C=N–C) groups is 1. The zero-order valence-corrected chi connectivity index (χ0v) is 16.5. The molecular weight excluding hydrogens is 334 g/mol. The van der Waals surface area contributed by atoms with E-state index in [9.17, 15) is 0 Å². The van der Waals surface area contributed by atoms with Gasteiger partial charge in [-0.25, -0.2) is 0 Å². The highest BCUT2D eigenvalue weighted by Gasteiger charge is 2.14. The van der Waals surface area contributed by atoms with E-state index in [-0.39, 0.29) is 0 Å². The third-order valence-electron chi connectivity index (χ3n) is 4.05. The average Bonchev–Trinajstić information content (AvgIpc) is 2.92. The van der Waals surface area contributed by atoms with Crippen LogP contribution in [0.1, 0.15) is 36.6 Å². The number of aryl methyl sites for hydroxylation is 1. The first-order valence-electron chi connectivity index (χ1n) is 8.59. The van der Waals surface area contributed by atoms with Crippen molar-refractivity contribution in [1.82, 2.24) is 20.0 Å². The van der Waals surface area contributed by atoms with Crippen molar-refractivity contribution in [1.29, 1.82) is 0 Å². The van der Waals surface area contributed by atoms with Crippen molar-refractivity contribution >= 4 is 17.6 Å². The van der Waals surface area contributed by atoms with Gasteiger partial charge in [-0.15, -0.1) is 0 Å². The highest BCUT2D eigenvalue weighted by atomic mass is 35.5. The molecule has 0 atom stereocenters. The van der Waals surface area contributed by atoms with Crippen LogP contribution in [-0.2, 0) is 20.0 Å². The van der Waals surface area contributed by atoms with Crippen LogP contribution in [-0.4, -0.2) is 41.3 Å². The summed E-state index contributed by atoms with van der Waals surface area (Å²) in [5, 5.41) is 8.77. The minimum atomic E-state index is 0.405. The SMILES string of the molecule is CN=C(NCCc1cccc(Cl)c1)N(C)Cc1cn(C)nc1C(C)C. The number of hydrogen-bond acceptors (Lipinski definition) is 2. The van der Waals surface area contributed by atoms with E-state index in [1.54, 1.807) is 0 Å². The number of hydrogen-bond donors (Lipinski definition) is 1. The van der Waals surface area contributed by atoms with Gasteiger partial charge in [0.2, 0.25) is 0 Å². The fraction of sp³-hybridized carbons (Fsp3) is 0.474. The summed E-state index contributed by atoms with van der Waals surface area (Å²) in [5.74, 6) is 1.28. The lowest BCUT2D eigenvalue weighted by Gasteiger charge is -2.22. The predicted octanol–water partition coefficient (Wildman–Crippen LogP) is 3.45. The molecule has 1 aromatic carbocycles. The maximum Gasteiger partial charge on any atom is 0.193 e. The van der Waals surface area contributed by atoms with Crippen LogP contribution in [0, 0.1) is 0 Å². The van der Waals surface area contributed by atoms with Gasteiger partial charge < -0.3 is 10.2 Å². The van der Waals surface area contributed by atoms with Crippen molar-refractivity contribution in [3.8, 4) is 0 Å². The Balaban J connectivity index is 1.94. The first kappa shape index (κ1) is 19.3. The van der Waals surface area contributed by atoms with Gasteiger partial charge in [-0.05, 0) is 30.0 Å². The zero-order valence-electron chi connectivity index (χ0n) is 15.8. The lowest BCUT2D eigenvalue weighted by Crippen LogP contribution is -2.39. The molecular formula is C19H28ClN5. The van der Waals surface area contributed by atoms with Gasteiger partial charge in [-0.2, -0.15) is 5.10 Å². The Hall–Kier alpha value is -2.01. The Morgan fingerprint density at radius 2 is 2.16 bits per heavy atom. The van der Waals surface area contributed by atoms with Crippen molar-refractivity contribution in [2.75, 3.05) is 20.6 Å². The molecule has 0 saturated carbocycles. The molecule has 0 spiro atoms. The van der Waals surface area contributed by atoms with Gasteiger partial charge >= 0.3 is 0 Å². The molecule has 0 fully saturated rings. The van der Waals surface area contributed by atoms with Crippen molar-refractivity contribution in [3.63, 3.8) is 0 Å². The molecule has 0 bridgehead atoms. The third-order valence-corrected chi connectivity index (χ3v) is 4.29. The van der Waals surface area contributed by atoms with Crippen molar-refractivity contribution in [3.05, 3.63) is 52.3 Å². The molecule has 0 unspecified atom stereocenters. The highest BCUT2D eigenvalue weighted by molar-refractivity contribution is 6.30. The maximum absolute atomic E-state index is 6.04. The summed E-state index contributed by atoms with van der Waals surface area (Å²) in [6.07, 6.45) is 2.99. The van der Waals surface area contributed by atoms with E-state index in [2.05, 4.69) is 46.4 Å². The minimum Gasteiger partial charge on any atom is -0.356 e. The Labute approximate surface area is 155 Å². The molecule has 0 radical (unpaired) electrons. The Morgan fingerprint density at radius 1 is 1.40 bits per heavy atom. The standard InChI is InChI=1S/C19H28ClN5/c1-14(2)18-16(13-25(5)23-18)12-24(4)19(21-3)22-10-9-15-7-6-8-17(20)11-15/h6-8,11,13-14H,9-10,12H2,1-5H3,(H,21,22).